The van der Waals surface area contributed by atoms with Crippen LogP contribution < -0.4 is 37.1 Å². The van der Waals surface area contributed by atoms with Crippen LogP contribution in [0.4, 0.5) is 17.1 Å². The van der Waals surface area contributed by atoms with Gasteiger partial charge in [0, 0.05) is 62.6 Å². The molecule has 6 amide bonds. The summed E-state index contributed by atoms with van der Waals surface area (Å²) in [4.78, 5) is 83.6. The maximum absolute atomic E-state index is 13.7. The van der Waals surface area contributed by atoms with E-state index in [1.165, 1.54) is 23.2 Å². The molecular formula is C47H60N8O8S. The molecule has 1 aliphatic heterocycles. The van der Waals surface area contributed by atoms with E-state index in [1.807, 2.05) is 45.9 Å². The first kappa shape index (κ1) is 48.7. The van der Waals surface area contributed by atoms with Crippen LogP contribution >= 0.6 is 11.3 Å². The van der Waals surface area contributed by atoms with Crippen LogP contribution in [0.3, 0.4) is 0 Å². The van der Waals surface area contributed by atoms with Gasteiger partial charge in [-0.15, -0.1) is 11.3 Å². The van der Waals surface area contributed by atoms with Crippen molar-refractivity contribution >= 4 is 63.8 Å². The lowest BCUT2D eigenvalue weighted by atomic mass is 9.85. The lowest BCUT2D eigenvalue weighted by molar-refractivity contribution is -0.143. The summed E-state index contributed by atoms with van der Waals surface area (Å²) in [5.74, 6) is -1.24. The molecule has 0 saturated carbocycles. The number of ether oxygens (including phenoxy) is 1. The van der Waals surface area contributed by atoms with Gasteiger partial charge < -0.3 is 47.1 Å². The molecule has 4 aromatic rings. The number of hydrogen-bond acceptors (Lipinski definition) is 11. The summed E-state index contributed by atoms with van der Waals surface area (Å²) in [5, 5.41) is 24.7. The normalized spacial score (nSPS) is 15.2. The number of thiazole rings is 1. The smallest absolute Gasteiger partial charge is 0.255 e. The Hall–Kier alpha value is -6.33. The molecule has 3 aromatic carbocycles. The summed E-state index contributed by atoms with van der Waals surface area (Å²) in [5.41, 5.74) is 11.5. The van der Waals surface area contributed by atoms with Gasteiger partial charge in [-0.1, -0.05) is 45.0 Å². The van der Waals surface area contributed by atoms with Gasteiger partial charge in [0.2, 0.25) is 29.5 Å². The number of anilines is 3. The van der Waals surface area contributed by atoms with Crippen LogP contribution in [0.1, 0.15) is 94.3 Å². The highest BCUT2D eigenvalue weighted by atomic mass is 32.1. The number of aliphatic hydroxyl groups excluding tert-OH is 1. The lowest BCUT2D eigenvalue weighted by Crippen LogP contribution is -2.57. The largest absolute Gasteiger partial charge is 0.493 e. The summed E-state index contributed by atoms with van der Waals surface area (Å²) in [6.07, 6.45) is 2.10. The maximum atomic E-state index is 13.7. The Morgan fingerprint density at radius 3 is 2.31 bits per heavy atom. The number of amides is 6. The third-order valence-electron chi connectivity index (χ3n) is 10.7. The molecule has 0 aliphatic carbocycles. The van der Waals surface area contributed by atoms with Crippen molar-refractivity contribution in [2.24, 2.45) is 5.41 Å². The van der Waals surface area contributed by atoms with Crippen molar-refractivity contribution in [3.8, 4) is 16.2 Å². The van der Waals surface area contributed by atoms with Crippen molar-refractivity contribution in [1.82, 2.24) is 25.8 Å². The Morgan fingerprint density at radius 2 is 1.64 bits per heavy atom. The van der Waals surface area contributed by atoms with Crippen molar-refractivity contribution in [3.05, 3.63) is 89.1 Å². The number of hydrogen-bond donors (Lipinski definition) is 7. The predicted octanol–water partition coefficient (Wildman–Crippen LogP) is 5.56. The highest BCUT2D eigenvalue weighted by molar-refractivity contribution is 7.13. The number of nitrogens with one attached hydrogen (secondary N) is 5. The topological polar surface area (TPSA) is 234 Å². The van der Waals surface area contributed by atoms with Gasteiger partial charge in [0.05, 0.1) is 40.2 Å². The number of nitrogen functional groups attached to an aromatic ring is 1. The quantitative estimate of drug-likeness (QED) is 0.0431. The highest BCUT2D eigenvalue weighted by Crippen LogP contribution is 2.33. The number of carbonyl (C=O) groups excluding carboxylic acids is 6. The van der Waals surface area contributed by atoms with E-state index in [9.17, 15) is 33.9 Å². The van der Waals surface area contributed by atoms with Crippen LogP contribution in [-0.4, -0.2) is 88.3 Å². The minimum atomic E-state index is -0.918. The highest BCUT2D eigenvalue weighted by Gasteiger charge is 2.44. The number of unbranched alkanes of at least 4 members (excludes halogenated alkanes) is 2. The number of likely N-dealkylation sites (tertiary alicyclic amines) is 1. The fourth-order valence-corrected chi connectivity index (χ4v) is 8.01. The molecule has 0 bridgehead atoms. The third kappa shape index (κ3) is 14.1. The van der Waals surface area contributed by atoms with Crippen LogP contribution in [0.25, 0.3) is 10.4 Å². The van der Waals surface area contributed by atoms with Crippen molar-refractivity contribution < 1.29 is 38.6 Å². The molecule has 3 atom stereocenters. The molecule has 2 heterocycles. The van der Waals surface area contributed by atoms with Gasteiger partial charge in [0.15, 0.2) is 0 Å². The first-order chi connectivity index (χ1) is 30.5. The van der Waals surface area contributed by atoms with Crippen LogP contribution in [0, 0.1) is 12.3 Å². The average Bonchev–Trinajstić information content (AvgIpc) is 3.87. The monoisotopic (exact) mass is 896 g/mol. The SMILES string of the molecule is CC(=O)N[C@@H](C(=O)N1C[C@H](O)C[C@H]1C(=O)NCc1ccc(-c2scnc2C)cc1OCCCCNC(=O)CCCCC(=O)Nc1ccc(C(=O)Nc2ccccc2N)cc1)C(C)(C)C. The van der Waals surface area contributed by atoms with E-state index in [-0.39, 0.29) is 56.0 Å². The molecule has 1 aromatic heterocycles. The molecule has 0 unspecified atom stereocenters. The third-order valence-corrected chi connectivity index (χ3v) is 11.7. The zero-order valence-corrected chi connectivity index (χ0v) is 37.9. The number of β-amino-alcohol motifs (C(OH)–C–C–N with tert-alkyl or cyclic N) is 1. The molecule has 1 saturated heterocycles. The van der Waals surface area contributed by atoms with Crippen molar-refractivity contribution in [3.63, 3.8) is 0 Å². The Labute approximate surface area is 378 Å². The number of aryl methyl sites for hydroxylation is 1. The summed E-state index contributed by atoms with van der Waals surface area (Å²) >= 11 is 1.51. The first-order valence-electron chi connectivity index (χ1n) is 21.5. The molecule has 8 N–H and O–H groups in total. The summed E-state index contributed by atoms with van der Waals surface area (Å²) in [6, 6.07) is 17.5. The minimum absolute atomic E-state index is 0.0193. The van der Waals surface area contributed by atoms with E-state index in [2.05, 4.69) is 31.6 Å². The summed E-state index contributed by atoms with van der Waals surface area (Å²) in [6.45, 7) is 9.65. The second-order valence-electron chi connectivity index (χ2n) is 17.0. The molecule has 16 nitrogen and oxygen atoms in total. The maximum Gasteiger partial charge on any atom is 0.255 e. The van der Waals surface area contributed by atoms with Gasteiger partial charge in [-0.25, -0.2) is 4.98 Å². The van der Waals surface area contributed by atoms with Crippen molar-refractivity contribution in [1.29, 1.82) is 0 Å². The predicted molar refractivity (Wildman–Crippen MR) is 247 cm³/mol. The second kappa shape index (κ2) is 22.9. The summed E-state index contributed by atoms with van der Waals surface area (Å²) in [7, 11) is 0. The van der Waals surface area contributed by atoms with Gasteiger partial charge >= 0.3 is 0 Å². The van der Waals surface area contributed by atoms with Gasteiger partial charge in [-0.05, 0) is 86.1 Å². The molecule has 342 valence electrons. The first-order valence-corrected chi connectivity index (χ1v) is 22.4. The molecule has 0 spiro atoms. The van der Waals surface area contributed by atoms with Gasteiger partial charge in [-0.3, -0.25) is 28.8 Å². The van der Waals surface area contributed by atoms with Crippen LogP contribution in [0.15, 0.2) is 72.2 Å². The van der Waals surface area contributed by atoms with Crippen LogP contribution in [0.5, 0.6) is 5.75 Å². The number of aromatic nitrogens is 1. The van der Waals surface area contributed by atoms with Crippen molar-refractivity contribution in [2.45, 2.75) is 104 Å². The molecule has 64 heavy (non-hydrogen) atoms. The van der Waals surface area contributed by atoms with Crippen LogP contribution in [-0.2, 0) is 30.5 Å². The fraction of sp³-hybridized carbons (Fsp3) is 0.426. The van der Waals surface area contributed by atoms with E-state index in [4.69, 9.17) is 10.5 Å². The minimum Gasteiger partial charge on any atom is -0.493 e. The standard InChI is InChI=1S/C47H60N8O8S/c1-29-42(64-28-51-29)32-16-17-33(26-50-45(61)38-25-35(57)27-55(38)46(62)43(47(3,4)5)52-30(2)56)39(24-32)63-23-11-10-22-49-40(58)14-8-9-15-41(59)53-34-20-18-31(19-21-34)44(60)54-37-13-7-6-12-36(37)48/h6-7,12-13,16-21,24,28,35,38,43,57H,8-11,14-15,22-23,25-27,48H2,1-5H3,(H,49,58)(H,50,61)(H,52,56)(H,53,59)(H,54,60)/t35-,38+,43+/m1/s1. The van der Waals surface area contributed by atoms with Crippen LogP contribution in [0.2, 0.25) is 0 Å². The van der Waals surface area contributed by atoms with E-state index in [1.54, 1.807) is 54.0 Å². The Bertz CT molecular complexity index is 2270. The molecule has 5 rings (SSSR count). The molecule has 1 fully saturated rings. The summed E-state index contributed by atoms with van der Waals surface area (Å²) < 4.78 is 6.26. The van der Waals surface area contributed by atoms with Crippen molar-refractivity contribution in [2.75, 3.05) is 36.1 Å². The molecular weight excluding hydrogens is 837 g/mol. The molecule has 17 heteroatoms. The van der Waals surface area contributed by atoms with E-state index in [0.717, 1.165) is 21.7 Å². The number of nitrogens with two attached hydrogens (primary N) is 1. The van der Waals surface area contributed by atoms with E-state index >= 15 is 0 Å². The van der Waals surface area contributed by atoms with Gasteiger partial charge in [0.1, 0.15) is 17.8 Å². The molecule has 0 radical (unpaired) electrons. The van der Waals surface area contributed by atoms with E-state index in [0.29, 0.717) is 67.2 Å². The zero-order valence-electron chi connectivity index (χ0n) is 37.1. The zero-order chi connectivity index (χ0) is 46.4. The Balaban J connectivity index is 1.04. The average molecular weight is 897 g/mol. The molecule has 1 aliphatic rings. The fourth-order valence-electron chi connectivity index (χ4n) is 7.21. The lowest BCUT2D eigenvalue weighted by Gasteiger charge is -2.35. The van der Waals surface area contributed by atoms with E-state index < -0.39 is 35.4 Å². The number of rotatable bonds is 20. The number of nitrogens with zero attached hydrogens (tertiary/aromatic N) is 2. The second-order valence-corrected chi connectivity index (χ2v) is 17.8. The number of carbonyl (C=O) groups is 6. The van der Waals surface area contributed by atoms with Gasteiger partial charge in [-0.2, -0.15) is 0 Å². The number of benzene rings is 3. The van der Waals surface area contributed by atoms with Gasteiger partial charge in [0.25, 0.3) is 5.91 Å². The Morgan fingerprint density at radius 1 is 0.922 bits per heavy atom. The number of aliphatic hydroxyl groups is 1. The Kier molecular flexibility index (Phi) is 17.4. The number of para-hydroxylation sites is 2.